The van der Waals surface area contributed by atoms with E-state index in [1.807, 2.05) is 6.92 Å². The van der Waals surface area contributed by atoms with Gasteiger partial charge in [-0.3, -0.25) is 3.53 Å². The fourth-order valence-electron chi connectivity index (χ4n) is 0.748. The van der Waals surface area contributed by atoms with Crippen LogP contribution in [0.3, 0.4) is 0 Å². The van der Waals surface area contributed by atoms with Crippen LogP contribution >= 0.6 is 34.5 Å². The Bertz CT molecular complexity index is 99.8. The summed E-state index contributed by atoms with van der Waals surface area (Å²) >= 11 is 7.75. The summed E-state index contributed by atoms with van der Waals surface area (Å²) in [4.78, 5) is 0. The van der Waals surface area contributed by atoms with Crippen LogP contribution in [-0.4, -0.2) is 12.4 Å². The molecule has 1 atom stereocenters. The molecule has 0 amide bonds. The van der Waals surface area contributed by atoms with Gasteiger partial charge < -0.3 is 0 Å². The minimum Gasteiger partial charge on any atom is -0.260 e. The van der Waals surface area contributed by atoms with Crippen molar-refractivity contribution in [1.29, 1.82) is 0 Å². The molecule has 1 unspecified atom stereocenters. The fraction of sp³-hybridized carbons (Fsp3) is 0.714. The number of halogens is 2. The van der Waals surface area contributed by atoms with Gasteiger partial charge in [0.2, 0.25) is 0 Å². The highest BCUT2D eigenvalue weighted by Crippen LogP contribution is 2.12. The summed E-state index contributed by atoms with van der Waals surface area (Å²) in [7, 11) is 0. The molecule has 0 aromatic heterocycles. The van der Waals surface area contributed by atoms with Gasteiger partial charge in [0.25, 0.3) is 0 Å². The molecule has 10 heavy (non-hydrogen) atoms. The zero-order valence-corrected chi connectivity index (χ0v) is 9.08. The van der Waals surface area contributed by atoms with Gasteiger partial charge in [-0.25, -0.2) is 0 Å². The van der Waals surface area contributed by atoms with Crippen LogP contribution in [0.1, 0.15) is 13.3 Å². The van der Waals surface area contributed by atoms with E-state index in [4.69, 9.17) is 11.6 Å². The van der Waals surface area contributed by atoms with Gasteiger partial charge in [-0.05, 0) is 19.3 Å². The van der Waals surface area contributed by atoms with E-state index in [0.717, 1.165) is 18.8 Å². The molecule has 0 aliphatic carbocycles. The van der Waals surface area contributed by atoms with Crippen LogP contribution in [0.5, 0.6) is 0 Å². The lowest BCUT2D eigenvalue weighted by Gasteiger charge is -2.13. The van der Waals surface area contributed by atoms with Crippen molar-refractivity contribution in [2.45, 2.75) is 13.3 Å². The van der Waals surface area contributed by atoms with E-state index in [9.17, 15) is 0 Å². The molecule has 3 heteroatoms. The Hall–Kier alpha value is 0.720. The highest BCUT2D eigenvalue weighted by atomic mass is 127. The summed E-state index contributed by atoms with van der Waals surface area (Å²) in [5, 5.41) is 0. The van der Waals surface area contributed by atoms with Crippen molar-refractivity contribution < 1.29 is 0 Å². The molecule has 0 spiro atoms. The number of hydrogen-bond acceptors (Lipinski definition) is 1. The van der Waals surface area contributed by atoms with Crippen molar-refractivity contribution in [2.24, 2.45) is 5.92 Å². The minimum atomic E-state index is 0.536. The Kier molecular flexibility index (Phi) is 6.89. The second kappa shape index (κ2) is 6.43. The average Bonchev–Trinajstić information content (AvgIpc) is 1.87. The van der Waals surface area contributed by atoms with Crippen molar-refractivity contribution >= 4 is 34.5 Å². The molecule has 0 rings (SSSR count). The maximum absolute atomic E-state index is 5.60. The second-order valence-electron chi connectivity index (χ2n) is 2.36. The van der Waals surface area contributed by atoms with Crippen molar-refractivity contribution in [3.8, 4) is 0 Å². The molecule has 0 fully saturated rings. The largest absolute Gasteiger partial charge is 0.260 e. The molecular formula is C7H13ClIN. The number of nitrogens with one attached hydrogen (secondary N) is 1. The van der Waals surface area contributed by atoms with Crippen LogP contribution in [0.2, 0.25) is 0 Å². The molecule has 0 aromatic carbocycles. The highest BCUT2D eigenvalue weighted by Gasteiger charge is 2.06. The minimum absolute atomic E-state index is 0.536. The lowest BCUT2D eigenvalue weighted by molar-refractivity contribution is 0.598. The van der Waals surface area contributed by atoms with Crippen molar-refractivity contribution in [1.82, 2.24) is 3.53 Å². The van der Waals surface area contributed by atoms with Crippen molar-refractivity contribution in [3.63, 3.8) is 0 Å². The maximum Gasteiger partial charge on any atom is 0.0229 e. The van der Waals surface area contributed by atoms with Gasteiger partial charge in [0, 0.05) is 35.3 Å². The molecule has 1 N–H and O–H groups in total. The highest BCUT2D eigenvalue weighted by molar-refractivity contribution is 14.1. The van der Waals surface area contributed by atoms with Gasteiger partial charge >= 0.3 is 0 Å². The van der Waals surface area contributed by atoms with E-state index in [0.29, 0.717) is 5.92 Å². The lowest BCUT2D eigenvalue weighted by Crippen LogP contribution is -2.15. The van der Waals surface area contributed by atoms with Crippen LogP contribution in [0.25, 0.3) is 0 Å². The van der Waals surface area contributed by atoms with Gasteiger partial charge in [-0.1, -0.05) is 12.2 Å². The van der Waals surface area contributed by atoms with E-state index in [2.05, 4.69) is 33.0 Å². The first kappa shape index (κ1) is 10.7. The Labute approximate surface area is 81.7 Å². The third kappa shape index (κ3) is 4.52. The molecule has 0 radical (unpaired) electrons. The Balaban J connectivity index is 3.61. The predicted octanol–water partition coefficient (Wildman–Crippen LogP) is 2.75. The summed E-state index contributed by atoms with van der Waals surface area (Å²) in [6.45, 7) is 6.91. The third-order valence-electron chi connectivity index (χ3n) is 1.48. The Morgan fingerprint density at radius 2 is 2.40 bits per heavy atom. The summed E-state index contributed by atoms with van der Waals surface area (Å²) in [5.41, 5.74) is 1.21. The molecule has 60 valence electrons. The van der Waals surface area contributed by atoms with E-state index < -0.39 is 0 Å². The molecule has 0 aliphatic heterocycles. The van der Waals surface area contributed by atoms with Crippen molar-refractivity contribution in [3.05, 3.63) is 12.2 Å². The SMILES string of the molecule is C=C(C)C(CCCl)CNI. The standard InChI is InChI=1S/C7H13ClIN/c1-6(2)7(3-4-8)5-10-9/h7,10H,1,3-5H2,2H3. The zero-order chi connectivity index (χ0) is 7.98. The van der Waals surface area contributed by atoms with E-state index in [1.54, 1.807) is 0 Å². The fourth-order valence-corrected chi connectivity index (χ4v) is 1.54. The normalized spacial score (nSPS) is 13.1. The molecule has 1 nitrogen and oxygen atoms in total. The third-order valence-corrected chi connectivity index (χ3v) is 2.14. The summed E-state index contributed by atoms with van der Waals surface area (Å²) in [6, 6.07) is 0. The first-order valence-electron chi connectivity index (χ1n) is 3.27. The predicted molar refractivity (Wildman–Crippen MR) is 55.7 cm³/mol. The van der Waals surface area contributed by atoms with Gasteiger partial charge in [0.15, 0.2) is 0 Å². The van der Waals surface area contributed by atoms with Crippen LogP contribution in [-0.2, 0) is 0 Å². The first-order valence-corrected chi connectivity index (χ1v) is 4.88. The second-order valence-corrected chi connectivity index (χ2v) is 3.50. The molecule has 0 bridgehead atoms. The summed E-state index contributed by atoms with van der Waals surface area (Å²) in [5.74, 6) is 1.25. The molecule has 0 saturated heterocycles. The molecule has 0 aromatic rings. The monoisotopic (exact) mass is 273 g/mol. The van der Waals surface area contributed by atoms with Crippen LogP contribution < -0.4 is 3.53 Å². The van der Waals surface area contributed by atoms with Crippen molar-refractivity contribution in [2.75, 3.05) is 12.4 Å². The molecule has 0 heterocycles. The Morgan fingerprint density at radius 1 is 1.80 bits per heavy atom. The number of hydrogen-bond donors (Lipinski definition) is 1. The van der Waals surface area contributed by atoms with Gasteiger partial charge in [-0.2, -0.15) is 0 Å². The smallest absolute Gasteiger partial charge is 0.0229 e. The quantitative estimate of drug-likeness (QED) is 0.351. The van der Waals surface area contributed by atoms with E-state index >= 15 is 0 Å². The van der Waals surface area contributed by atoms with Gasteiger partial charge in [-0.15, -0.1) is 11.6 Å². The van der Waals surface area contributed by atoms with Crippen LogP contribution in [0.4, 0.5) is 0 Å². The topological polar surface area (TPSA) is 12.0 Å². The molecular weight excluding hydrogens is 260 g/mol. The van der Waals surface area contributed by atoms with Gasteiger partial charge in [0.05, 0.1) is 0 Å². The maximum atomic E-state index is 5.60. The van der Waals surface area contributed by atoms with E-state index in [1.165, 1.54) is 5.57 Å². The van der Waals surface area contributed by atoms with Crippen LogP contribution in [0.15, 0.2) is 12.2 Å². The summed E-state index contributed by atoms with van der Waals surface area (Å²) < 4.78 is 3.08. The number of rotatable bonds is 5. The lowest BCUT2D eigenvalue weighted by atomic mass is 10.00. The van der Waals surface area contributed by atoms with Crippen LogP contribution in [0, 0.1) is 5.92 Å². The van der Waals surface area contributed by atoms with Gasteiger partial charge in [0.1, 0.15) is 0 Å². The Morgan fingerprint density at radius 3 is 2.70 bits per heavy atom. The summed E-state index contributed by atoms with van der Waals surface area (Å²) in [6.07, 6.45) is 1.02. The average molecular weight is 274 g/mol. The first-order chi connectivity index (χ1) is 4.72. The zero-order valence-electron chi connectivity index (χ0n) is 6.16. The number of alkyl halides is 1. The van der Waals surface area contributed by atoms with E-state index in [-0.39, 0.29) is 0 Å². The molecule has 0 aliphatic rings. The molecule has 0 saturated carbocycles.